The number of benzene rings is 3. The second-order valence-electron chi connectivity index (χ2n) is 9.33. The quantitative estimate of drug-likeness (QED) is 0.274. The van der Waals surface area contributed by atoms with E-state index in [0.29, 0.717) is 17.2 Å². The molecule has 3 aromatic carbocycles. The van der Waals surface area contributed by atoms with E-state index in [4.69, 9.17) is 16.3 Å². The molecule has 196 valence electrons. The van der Waals surface area contributed by atoms with E-state index in [1.165, 1.54) is 0 Å². The second kappa shape index (κ2) is 13.6. The molecule has 1 N–H and O–H groups in total. The van der Waals surface area contributed by atoms with Gasteiger partial charge in [0.15, 0.2) is 6.61 Å². The molecule has 0 radical (unpaired) electrons. The van der Waals surface area contributed by atoms with Gasteiger partial charge in [0.05, 0.1) is 0 Å². The summed E-state index contributed by atoms with van der Waals surface area (Å²) >= 11 is 9.81. The summed E-state index contributed by atoms with van der Waals surface area (Å²) in [6.07, 6.45) is 1.17. The molecule has 3 rings (SSSR count). The number of carbonyl (C=O) groups is 2. The van der Waals surface area contributed by atoms with Gasteiger partial charge in [-0.05, 0) is 73.7 Å². The molecule has 37 heavy (non-hydrogen) atoms. The van der Waals surface area contributed by atoms with E-state index in [1.54, 1.807) is 11.0 Å². The van der Waals surface area contributed by atoms with Crippen molar-refractivity contribution in [2.75, 3.05) is 6.61 Å². The molecular weight excluding hydrogens is 552 g/mol. The maximum Gasteiger partial charge on any atom is 0.261 e. The summed E-state index contributed by atoms with van der Waals surface area (Å²) in [4.78, 5) is 28.9. The van der Waals surface area contributed by atoms with Gasteiger partial charge in [-0.15, -0.1) is 0 Å². The topological polar surface area (TPSA) is 58.6 Å². The maximum absolute atomic E-state index is 13.7. The molecule has 0 bridgehead atoms. The molecule has 0 unspecified atom stereocenters. The largest absolute Gasteiger partial charge is 0.484 e. The van der Waals surface area contributed by atoms with E-state index < -0.39 is 6.04 Å². The lowest BCUT2D eigenvalue weighted by Gasteiger charge is -2.32. The third-order valence-corrected chi connectivity index (χ3v) is 7.77. The number of halogens is 2. The Labute approximate surface area is 233 Å². The lowest BCUT2D eigenvalue weighted by atomic mass is 10.0. The smallest absolute Gasteiger partial charge is 0.261 e. The van der Waals surface area contributed by atoms with E-state index in [9.17, 15) is 9.59 Å². The van der Waals surface area contributed by atoms with Crippen LogP contribution in [0.3, 0.4) is 0 Å². The molecule has 0 aromatic heterocycles. The van der Waals surface area contributed by atoms with Crippen LogP contribution in [0, 0.1) is 13.8 Å². The Morgan fingerprint density at radius 1 is 1.00 bits per heavy atom. The highest BCUT2D eigenvalue weighted by molar-refractivity contribution is 9.10. The lowest BCUT2D eigenvalue weighted by molar-refractivity contribution is -0.143. The van der Waals surface area contributed by atoms with Crippen LogP contribution in [0.15, 0.2) is 71.2 Å². The predicted octanol–water partition coefficient (Wildman–Crippen LogP) is 6.65. The number of ether oxygens (including phenoxy) is 1. The third-order valence-electron chi connectivity index (χ3n) is 6.29. The molecule has 3 aromatic rings. The van der Waals surface area contributed by atoms with Crippen LogP contribution in [0.25, 0.3) is 0 Å². The first-order chi connectivity index (χ1) is 17.7. The SMILES string of the molecule is CC[C@@H](C)NC(=O)[C@H](Cc1ccccc1)N(Cc1cccc(Cl)c1)C(=O)COc1cc(C)c(Br)c(C)c1. The van der Waals surface area contributed by atoms with Gasteiger partial charge in [0.1, 0.15) is 11.8 Å². The molecule has 0 aliphatic heterocycles. The second-order valence-corrected chi connectivity index (χ2v) is 10.6. The van der Waals surface area contributed by atoms with Crippen LogP contribution in [0.4, 0.5) is 0 Å². The van der Waals surface area contributed by atoms with Gasteiger partial charge < -0.3 is 15.0 Å². The van der Waals surface area contributed by atoms with Crippen LogP contribution in [0.5, 0.6) is 5.75 Å². The summed E-state index contributed by atoms with van der Waals surface area (Å²) in [5.41, 5.74) is 3.85. The number of rotatable bonds is 11. The zero-order valence-corrected chi connectivity index (χ0v) is 24.1. The highest BCUT2D eigenvalue weighted by Gasteiger charge is 2.31. The molecular formula is C30H34BrClN2O3. The molecule has 2 amide bonds. The minimum atomic E-state index is -0.722. The Balaban J connectivity index is 1.93. The van der Waals surface area contributed by atoms with Crippen molar-refractivity contribution in [3.05, 3.63) is 98.5 Å². The fourth-order valence-corrected chi connectivity index (χ4v) is 4.49. The van der Waals surface area contributed by atoms with Crippen LogP contribution >= 0.6 is 27.5 Å². The number of hydrogen-bond donors (Lipinski definition) is 1. The molecule has 7 heteroatoms. The van der Waals surface area contributed by atoms with Gasteiger partial charge in [0.25, 0.3) is 5.91 Å². The summed E-state index contributed by atoms with van der Waals surface area (Å²) in [5, 5.41) is 3.65. The number of amides is 2. The Hall–Kier alpha value is -2.83. The molecule has 0 saturated heterocycles. The van der Waals surface area contributed by atoms with Crippen LogP contribution < -0.4 is 10.1 Å². The van der Waals surface area contributed by atoms with E-state index in [0.717, 1.165) is 33.1 Å². The molecule has 2 atom stereocenters. The molecule has 5 nitrogen and oxygen atoms in total. The van der Waals surface area contributed by atoms with E-state index >= 15 is 0 Å². The Morgan fingerprint density at radius 3 is 2.27 bits per heavy atom. The highest BCUT2D eigenvalue weighted by atomic mass is 79.9. The van der Waals surface area contributed by atoms with Crippen LogP contribution in [0.1, 0.15) is 42.5 Å². The molecule has 0 aliphatic rings. The first-order valence-electron chi connectivity index (χ1n) is 12.5. The first-order valence-corrected chi connectivity index (χ1v) is 13.6. The van der Waals surface area contributed by atoms with E-state index in [-0.39, 0.29) is 31.0 Å². The van der Waals surface area contributed by atoms with Gasteiger partial charge in [0, 0.05) is 28.5 Å². The van der Waals surface area contributed by atoms with E-state index in [1.807, 2.05) is 88.4 Å². The average molecular weight is 586 g/mol. The summed E-state index contributed by atoms with van der Waals surface area (Å²) in [7, 11) is 0. The van der Waals surface area contributed by atoms with Gasteiger partial charge >= 0.3 is 0 Å². The van der Waals surface area contributed by atoms with Gasteiger partial charge in [-0.3, -0.25) is 9.59 Å². The van der Waals surface area contributed by atoms with Crippen LogP contribution in [0.2, 0.25) is 5.02 Å². The molecule has 0 aliphatic carbocycles. The van der Waals surface area contributed by atoms with Crippen molar-refractivity contribution in [2.24, 2.45) is 0 Å². The summed E-state index contributed by atoms with van der Waals surface area (Å²) in [6.45, 7) is 7.97. The maximum atomic E-state index is 13.7. The molecule has 0 spiro atoms. The van der Waals surface area contributed by atoms with Crippen molar-refractivity contribution in [3.8, 4) is 5.75 Å². The van der Waals surface area contributed by atoms with Crippen molar-refractivity contribution in [3.63, 3.8) is 0 Å². The predicted molar refractivity (Wildman–Crippen MR) is 153 cm³/mol. The Kier molecular flexibility index (Phi) is 10.6. The van der Waals surface area contributed by atoms with Gasteiger partial charge in [0.2, 0.25) is 5.91 Å². The van der Waals surface area contributed by atoms with Crippen molar-refractivity contribution in [2.45, 2.75) is 59.2 Å². The number of aryl methyl sites for hydroxylation is 2. The Morgan fingerprint density at radius 2 is 1.65 bits per heavy atom. The highest BCUT2D eigenvalue weighted by Crippen LogP contribution is 2.26. The zero-order chi connectivity index (χ0) is 26.9. The fourth-order valence-electron chi connectivity index (χ4n) is 4.04. The summed E-state index contributed by atoms with van der Waals surface area (Å²) in [5.74, 6) is 0.139. The minimum Gasteiger partial charge on any atom is -0.484 e. The number of carbonyl (C=O) groups excluding carboxylic acids is 2. The van der Waals surface area contributed by atoms with Crippen LogP contribution in [-0.2, 0) is 22.6 Å². The van der Waals surface area contributed by atoms with Gasteiger partial charge in [-0.1, -0.05) is 76.9 Å². The van der Waals surface area contributed by atoms with Crippen LogP contribution in [-0.4, -0.2) is 35.4 Å². The molecule has 0 saturated carbocycles. The van der Waals surface area contributed by atoms with Crippen molar-refractivity contribution in [1.82, 2.24) is 10.2 Å². The van der Waals surface area contributed by atoms with Gasteiger partial charge in [-0.2, -0.15) is 0 Å². The minimum absolute atomic E-state index is 0.0149. The first kappa shape index (κ1) is 28.7. The lowest BCUT2D eigenvalue weighted by Crippen LogP contribution is -2.53. The third kappa shape index (κ3) is 8.34. The van der Waals surface area contributed by atoms with Crippen molar-refractivity contribution < 1.29 is 14.3 Å². The summed E-state index contributed by atoms with van der Waals surface area (Å²) < 4.78 is 6.95. The van der Waals surface area contributed by atoms with Gasteiger partial charge in [-0.25, -0.2) is 0 Å². The van der Waals surface area contributed by atoms with E-state index in [2.05, 4.69) is 21.2 Å². The number of hydrogen-bond acceptors (Lipinski definition) is 3. The molecule has 0 fully saturated rings. The monoisotopic (exact) mass is 584 g/mol. The van der Waals surface area contributed by atoms with Crippen molar-refractivity contribution in [1.29, 1.82) is 0 Å². The molecule has 0 heterocycles. The standard InChI is InChI=1S/C30H34BrClN2O3/c1-5-22(4)33-30(36)27(17-23-10-7-6-8-11-23)34(18-24-12-9-13-25(32)16-24)28(35)19-37-26-14-20(2)29(31)21(3)15-26/h6-16,22,27H,5,17-19H2,1-4H3,(H,33,36)/t22-,27+/m1/s1. The number of nitrogens with zero attached hydrogens (tertiary/aromatic N) is 1. The zero-order valence-electron chi connectivity index (χ0n) is 21.8. The number of nitrogens with one attached hydrogen (secondary N) is 1. The Bertz CT molecular complexity index is 1200. The normalized spacial score (nSPS) is 12.5. The summed E-state index contributed by atoms with van der Waals surface area (Å²) in [6, 6.07) is 20.1. The van der Waals surface area contributed by atoms with Crippen molar-refractivity contribution >= 4 is 39.3 Å². The fraction of sp³-hybridized carbons (Fsp3) is 0.333. The average Bonchev–Trinajstić information content (AvgIpc) is 2.88.